The van der Waals surface area contributed by atoms with Crippen LogP contribution in [0.4, 0.5) is 11.4 Å². The summed E-state index contributed by atoms with van der Waals surface area (Å²) in [5.41, 5.74) is 8.10. The van der Waals surface area contributed by atoms with Crippen LogP contribution in [0.1, 0.15) is 71.1 Å². The zero-order valence-corrected chi connectivity index (χ0v) is 27.7. The minimum Gasteiger partial charge on any atom is -0.466 e. The summed E-state index contributed by atoms with van der Waals surface area (Å²) in [5, 5.41) is 3.47. The molecule has 0 aliphatic carbocycles. The highest BCUT2D eigenvalue weighted by molar-refractivity contribution is 6.60. The number of nitrogens with one attached hydrogen (secondary N) is 1. The van der Waals surface area contributed by atoms with Crippen LogP contribution in [0.25, 0.3) is 11.1 Å². The molecule has 3 rings (SSSR count). The molecule has 0 aromatic heterocycles. The summed E-state index contributed by atoms with van der Waals surface area (Å²) in [7, 11) is -2.88. The van der Waals surface area contributed by atoms with Gasteiger partial charge >= 0.3 is 14.8 Å². The van der Waals surface area contributed by atoms with Crippen LogP contribution in [0, 0.1) is 13.8 Å². The predicted octanol–water partition coefficient (Wildman–Crippen LogP) is 8.79. The SMILES string of the molecule is Cc1ccc(Nc2ccc(-c3ccc(CCC(=O)OCCC[Si](OC(C)C)(OC(C)C)OC(C)C)cc3)cc2)cc1C. The second kappa shape index (κ2) is 16.0. The zero-order valence-electron chi connectivity index (χ0n) is 26.7. The van der Waals surface area contributed by atoms with Crippen LogP contribution in [-0.4, -0.2) is 39.7 Å². The average molecular weight is 592 g/mol. The Morgan fingerprint density at radius 1 is 0.714 bits per heavy atom. The van der Waals surface area contributed by atoms with Crippen molar-refractivity contribution in [3.05, 3.63) is 83.4 Å². The number of benzene rings is 3. The van der Waals surface area contributed by atoms with E-state index in [1.807, 2.05) is 41.5 Å². The molecule has 0 unspecified atom stereocenters. The van der Waals surface area contributed by atoms with Crippen molar-refractivity contribution in [3.63, 3.8) is 0 Å². The molecule has 0 heterocycles. The van der Waals surface area contributed by atoms with Crippen molar-refractivity contribution < 1.29 is 22.8 Å². The van der Waals surface area contributed by atoms with Gasteiger partial charge in [-0.1, -0.05) is 42.5 Å². The van der Waals surface area contributed by atoms with Crippen molar-refractivity contribution >= 4 is 26.1 Å². The van der Waals surface area contributed by atoms with E-state index in [1.54, 1.807) is 0 Å². The van der Waals surface area contributed by atoms with Crippen molar-refractivity contribution in [2.45, 2.75) is 99.0 Å². The largest absolute Gasteiger partial charge is 0.501 e. The van der Waals surface area contributed by atoms with E-state index < -0.39 is 8.80 Å². The summed E-state index contributed by atoms with van der Waals surface area (Å²) in [6.07, 6.45) is 1.60. The minimum atomic E-state index is -2.88. The van der Waals surface area contributed by atoms with E-state index in [-0.39, 0.29) is 24.3 Å². The van der Waals surface area contributed by atoms with E-state index in [1.165, 1.54) is 11.1 Å². The molecule has 0 fully saturated rings. The second-order valence-corrected chi connectivity index (χ2v) is 14.3. The molecule has 0 saturated heterocycles. The van der Waals surface area contributed by atoms with Gasteiger partial charge in [0.2, 0.25) is 0 Å². The topological polar surface area (TPSA) is 66.0 Å². The standard InChI is InChI=1S/C35H49NO5Si/c1-25(2)39-42(40-26(3)4,41-27(5)6)23-9-22-38-35(37)21-13-30-11-14-31(15-12-30)32-16-19-33(20-17-32)36-34-18-10-28(7)29(8)24-34/h10-12,14-20,24-27,36H,9,13,21-23H2,1-8H3. The van der Waals surface area contributed by atoms with E-state index in [4.69, 9.17) is 18.0 Å². The molecule has 0 aliphatic rings. The maximum atomic E-state index is 12.5. The normalized spacial score (nSPS) is 11.9. The molecular formula is C35H49NO5Si. The van der Waals surface area contributed by atoms with Gasteiger partial charge in [0.1, 0.15) is 0 Å². The highest BCUT2D eigenvalue weighted by Crippen LogP contribution is 2.26. The molecule has 3 aromatic rings. The first kappa shape index (κ1) is 33.5. The molecule has 0 spiro atoms. The molecular weight excluding hydrogens is 542 g/mol. The lowest BCUT2D eigenvalue weighted by Gasteiger charge is -2.34. The summed E-state index contributed by atoms with van der Waals surface area (Å²) >= 11 is 0. The monoisotopic (exact) mass is 591 g/mol. The van der Waals surface area contributed by atoms with Gasteiger partial charge in [0.25, 0.3) is 0 Å². The molecule has 1 N–H and O–H groups in total. The van der Waals surface area contributed by atoms with Crippen molar-refractivity contribution in [2.24, 2.45) is 0 Å². The molecule has 3 aromatic carbocycles. The van der Waals surface area contributed by atoms with Gasteiger partial charge in [-0.2, -0.15) is 0 Å². The van der Waals surface area contributed by atoms with E-state index in [9.17, 15) is 4.79 Å². The quantitative estimate of drug-likeness (QED) is 0.102. The van der Waals surface area contributed by atoms with Gasteiger partial charge in [-0.15, -0.1) is 0 Å². The van der Waals surface area contributed by atoms with E-state index >= 15 is 0 Å². The fraction of sp³-hybridized carbons (Fsp3) is 0.457. The summed E-state index contributed by atoms with van der Waals surface area (Å²) in [5.74, 6) is -0.197. The summed E-state index contributed by atoms with van der Waals surface area (Å²) in [4.78, 5) is 12.5. The maximum Gasteiger partial charge on any atom is 0.501 e. The smallest absolute Gasteiger partial charge is 0.466 e. The Morgan fingerprint density at radius 2 is 1.24 bits per heavy atom. The lowest BCUT2D eigenvalue weighted by molar-refractivity contribution is -0.143. The number of esters is 1. The number of anilines is 2. The van der Waals surface area contributed by atoms with E-state index in [0.29, 0.717) is 31.9 Å². The molecule has 228 valence electrons. The van der Waals surface area contributed by atoms with Gasteiger partial charge in [-0.3, -0.25) is 4.79 Å². The molecule has 0 saturated carbocycles. The number of hydrogen-bond donors (Lipinski definition) is 1. The summed E-state index contributed by atoms with van der Waals surface area (Å²) in [6.45, 7) is 16.5. The minimum absolute atomic E-state index is 0.00655. The summed E-state index contributed by atoms with van der Waals surface area (Å²) < 4.78 is 24.1. The van der Waals surface area contributed by atoms with Crippen LogP contribution in [0.5, 0.6) is 0 Å². The lowest BCUT2D eigenvalue weighted by Crippen LogP contribution is -2.50. The first-order chi connectivity index (χ1) is 19.9. The number of hydrogen-bond acceptors (Lipinski definition) is 6. The number of carbonyl (C=O) groups excluding carboxylic acids is 1. The molecule has 0 aliphatic heterocycles. The number of aryl methyl sites for hydroxylation is 3. The number of rotatable bonds is 16. The molecule has 0 bridgehead atoms. The van der Waals surface area contributed by atoms with Gasteiger partial charge in [0.05, 0.1) is 6.61 Å². The van der Waals surface area contributed by atoms with Crippen molar-refractivity contribution in [3.8, 4) is 11.1 Å². The van der Waals surface area contributed by atoms with Crippen LogP contribution in [0.3, 0.4) is 0 Å². The Hall–Kier alpha value is -2.97. The molecule has 0 amide bonds. The fourth-order valence-corrected chi connectivity index (χ4v) is 7.98. The van der Waals surface area contributed by atoms with E-state index in [0.717, 1.165) is 28.1 Å². The molecule has 7 heteroatoms. The third-order valence-corrected chi connectivity index (χ3v) is 10.2. The van der Waals surface area contributed by atoms with Gasteiger partial charge < -0.3 is 23.3 Å². The Labute approximate surface area is 254 Å². The Kier molecular flexibility index (Phi) is 12.8. The van der Waals surface area contributed by atoms with Crippen molar-refractivity contribution in [2.75, 3.05) is 11.9 Å². The van der Waals surface area contributed by atoms with E-state index in [2.05, 4.69) is 85.9 Å². The van der Waals surface area contributed by atoms with Gasteiger partial charge in [0, 0.05) is 42.2 Å². The first-order valence-electron chi connectivity index (χ1n) is 15.2. The summed E-state index contributed by atoms with van der Waals surface area (Å²) in [6, 6.07) is 23.8. The van der Waals surface area contributed by atoms with Gasteiger partial charge in [-0.05, 0) is 120 Å². The average Bonchev–Trinajstić information content (AvgIpc) is 2.91. The van der Waals surface area contributed by atoms with Crippen LogP contribution in [0.2, 0.25) is 6.04 Å². The number of ether oxygens (including phenoxy) is 1. The van der Waals surface area contributed by atoms with Crippen LogP contribution < -0.4 is 5.32 Å². The fourth-order valence-electron chi connectivity index (χ4n) is 4.73. The van der Waals surface area contributed by atoms with Crippen molar-refractivity contribution in [1.82, 2.24) is 0 Å². The lowest BCUT2D eigenvalue weighted by atomic mass is 10.0. The number of carbonyl (C=O) groups is 1. The first-order valence-corrected chi connectivity index (χ1v) is 17.1. The maximum absolute atomic E-state index is 12.5. The molecule has 0 atom stereocenters. The molecule has 0 radical (unpaired) electrons. The third kappa shape index (κ3) is 11.0. The van der Waals surface area contributed by atoms with Crippen LogP contribution in [-0.2, 0) is 29.2 Å². The molecule has 6 nitrogen and oxygen atoms in total. The Bertz CT molecular complexity index is 1230. The third-order valence-electron chi connectivity index (χ3n) is 6.72. The Morgan fingerprint density at radius 3 is 1.76 bits per heavy atom. The van der Waals surface area contributed by atoms with Crippen LogP contribution >= 0.6 is 0 Å². The van der Waals surface area contributed by atoms with Crippen molar-refractivity contribution in [1.29, 1.82) is 0 Å². The second-order valence-electron chi connectivity index (χ2n) is 11.7. The zero-order chi connectivity index (χ0) is 30.7. The highest BCUT2D eigenvalue weighted by atomic mass is 28.4. The van der Waals surface area contributed by atoms with Crippen LogP contribution in [0.15, 0.2) is 66.7 Å². The predicted molar refractivity (Wildman–Crippen MR) is 174 cm³/mol. The van der Waals surface area contributed by atoms with Gasteiger partial charge in [-0.25, -0.2) is 0 Å². The Balaban J connectivity index is 1.46. The highest BCUT2D eigenvalue weighted by Gasteiger charge is 2.43. The molecule has 42 heavy (non-hydrogen) atoms. The van der Waals surface area contributed by atoms with Gasteiger partial charge in [0.15, 0.2) is 0 Å².